The van der Waals surface area contributed by atoms with Crippen LogP contribution in [-0.4, -0.2) is 30.1 Å². The molecular weight excluding hydrogens is 570 g/mol. The van der Waals surface area contributed by atoms with Crippen LogP contribution in [0.1, 0.15) is 29.3 Å². The summed E-state index contributed by atoms with van der Waals surface area (Å²) in [6.45, 7) is 1.94. The maximum atomic E-state index is 13.4. The van der Waals surface area contributed by atoms with E-state index in [1.807, 2.05) is 19.1 Å². The van der Waals surface area contributed by atoms with Gasteiger partial charge in [-0.15, -0.1) is 11.8 Å². The fourth-order valence-electron chi connectivity index (χ4n) is 3.90. The molecule has 0 aliphatic rings. The molecule has 1 unspecified atom stereocenters. The monoisotopic (exact) mass is 599 g/mol. The molecule has 0 radical (unpaired) electrons. The third-order valence-electron chi connectivity index (χ3n) is 6.10. The van der Waals surface area contributed by atoms with Crippen molar-refractivity contribution in [1.82, 2.24) is 5.32 Å². The normalized spacial score (nSPS) is 11.7. The molecule has 3 amide bonds. The number of hydrogen-bond donors (Lipinski definition) is 3. The zero-order chi connectivity index (χ0) is 29.9. The van der Waals surface area contributed by atoms with E-state index < -0.39 is 11.8 Å². The van der Waals surface area contributed by atoms with Crippen LogP contribution in [0.3, 0.4) is 0 Å². The molecule has 4 aromatic rings. The molecule has 0 heterocycles. The van der Waals surface area contributed by atoms with Crippen molar-refractivity contribution in [2.75, 3.05) is 17.7 Å². The Labute approximate surface area is 254 Å². The van der Waals surface area contributed by atoms with Gasteiger partial charge < -0.3 is 20.7 Å². The zero-order valence-electron chi connectivity index (χ0n) is 23.1. The van der Waals surface area contributed by atoms with Gasteiger partial charge in [0.05, 0.1) is 12.4 Å². The van der Waals surface area contributed by atoms with E-state index in [0.717, 1.165) is 4.90 Å². The van der Waals surface area contributed by atoms with Gasteiger partial charge in [0, 0.05) is 26.9 Å². The lowest BCUT2D eigenvalue weighted by molar-refractivity contribution is -0.116. The predicted molar refractivity (Wildman–Crippen MR) is 170 cm³/mol. The first-order chi connectivity index (χ1) is 20.3. The molecule has 42 heavy (non-hydrogen) atoms. The smallest absolute Gasteiger partial charge is 0.272 e. The Morgan fingerprint density at radius 3 is 2.24 bits per heavy atom. The van der Waals surface area contributed by atoms with Crippen molar-refractivity contribution in [3.8, 4) is 5.75 Å². The quantitative estimate of drug-likeness (QED) is 0.124. The second-order valence-corrected chi connectivity index (χ2v) is 10.9. The van der Waals surface area contributed by atoms with Crippen LogP contribution in [0, 0.1) is 0 Å². The molecule has 0 saturated carbocycles. The van der Waals surface area contributed by atoms with Gasteiger partial charge in [-0.25, -0.2) is 0 Å². The molecule has 0 fully saturated rings. The third kappa shape index (κ3) is 8.73. The molecule has 4 aromatic carbocycles. The number of benzene rings is 4. The van der Waals surface area contributed by atoms with Gasteiger partial charge in [0.15, 0.2) is 0 Å². The Morgan fingerprint density at radius 1 is 0.857 bits per heavy atom. The summed E-state index contributed by atoms with van der Waals surface area (Å²) in [5.41, 5.74) is 2.37. The Hall–Kier alpha value is -4.53. The summed E-state index contributed by atoms with van der Waals surface area (Å²) in [5.74, 6) is -0.331. The van der Waals surface area contributed by atoms with E-state index in [4.69, 9.17) is 16.3 Å². The number of carbonyl (C=O) groups excluding carboxylic acids is 3. The van der Waals surface area contributed by atoms with Crippen molar-refractivity contribution >= 4 is 58.5 Å². The maximum absolute atomic E-state index is 13.4. The number of anilines is 2. The molecule has 0 spiro atoms. The van der Waals surface area contributed by atoms with Crippen LogP contribution in [0.5, 0.6) is 5.75 Å². The minimum atomic E-state index is -0.499. The number of thioether (sulfide) groups is 1. The van der Waals surface area contributed by atoms with Crippen LogP contribution in [0.4, 0.5) is 11.4 Å². The van der Waals surface area contributed by atoms with Crippen LogP contribution < -0.4 is 20.7 Å². The number of nitrogens with one attached hydrogen (secondary N) is 3. The SMILES string of the molecule is CCC(Sc1cccc(NC(=O)/C(=C/c2ccc(Cl)cc2)NC(=O)c2ccccc2)c1)C(=O)Nc1ccc(OC)cc1. The molecule has 0 aromatic heterocycles. The van der Waals surface area contributed by atoms with Crippen LogP contribution in [-0.2, 0) is 9.59 Å². The third-order valence-corrected chi connectivity index (χ3v) is 7.71. The molecule has 0 aliphatic carbocycles. The first-order valence-corrected chi connectivity index (χ1v) is 14.5. The van der Waals surface area contributed by atoms with Crippen molar-refractivity contribution in [3.63, 3.8) is 0 Å². The molecule has 1 atom stereocenters. The summed E-state index contributed by atoms with van der Waals surface area (Å²) >= 11 is 7.41. The van der Waals surface area contributed by atoms with E-state index in [9.17, 15) is 14.4 Å². The van der Waals surface area contributed by atoms with Crippen LogP contribution >= 0.6 is 23.4 Å². The van der Waals surface area contributed by atoms with Crippen molar-refractivity contribution in [2.24, 2.45) is 0 Å². The number of ether oxygens (including phenoxy) is 1. The molecule has 0 saturated heterocycles. The van der Waals surface area contributed by atoms with Gasteiger partial charge >= 0.3 is 0 Å². The summed E-state index contributed by atoms with van der Waals surface area (Å²) in [7, 11) is 1.59. The zero-order valence-corrected chi connectivity index (χ0v) is 24.7. The summed E-state index contributed by atoms with van der Waals surface area (Å²) in [4.78, 5) is 40.1. The minimum absolute atomic E-state index is 0.0644. The molecule has 4 rings (SSSR count). The number of rotatable bonds is 11. The van der Waals surface area contributed by atoms with Gasteiger partial charge in [0.25, 0.3) is 11.8 Å². The number of methoxy groups -OCH3 is 1. The van der Waals surface area contributed by atoms with E-state index in [-0.39, 0.29) is 16.9 Å². The highest BCUT2D eigenvalue weighted by atomic mass is 35.5. The average molecular weight is 600 g/mol. The standard InChI is InChI=1S/C33H30ClN3O4S/c1-3-30(33(40)35-25-16-18-27(41-2)19-17-25)42-28-11-7-10-26(21-28)36-32(39)29(20-22-12-14-24(34)15-13-22)37-31(38)23-8-5-4-6-9-23/h4-21,30H,3H2,1-2H3,(H,35,40)(H,36,39)(H,37,38)/b29-20-. The van der Waals surface area contributed by atoms with Crippen LogP contribution in [0.25, 0.3) is 6.08 Å². The van der Waals surface area contributed by atoms with E-state index in [1.165, 1.54) is 11.8 Å². The second-order valence-electron chi connectivity index (χ2n) is 9.14. The van der Waals surface area contributed by atoms with Gasteiger partial charge in [0.2, 0.25) is 5.91 Å². The lowest BCUT2D eigenvalue weighted by Crippen LogP contribution is -2.30. The molecule has 0 aliphatic heterocycles. The molecule has 7 nitrogen and oxygen atoms in total. The van der Waals surface area contributed by atoms with Crippen molar-refractivity contribution in [2.45, 2.75) is 23.5 Å². The Balaban J connectivity index is 1.48. The van der Waals surface area contributed by atoms with E-state index in [2.05, 4.69) is 16.0 Å². The summed E-state index contributed by atoms with van der Waals surface area (Å²) in [6.07, 6.45) is 2.18. The van der Waals surface area contributed by atoms with Crippen molar-refractivity contribution < 1.29 is 19.1 Å². The van der Waals surface area contributed by atoms with Crippen molar-refractivity contribution in [1.29, 1.82) is 0 Å². The second kappa shape index (κ2) is 14.9. The topological polar surface area (TPSA) is 96.5 Å². The lowest BCUT2D eigenvalue weighted by atomic mass is 10.1. The Morgan fingerprint density at radius 2 is 1.57 bits per heavy atom. The highest BCUT2D eigenvalue weighted by Crippen LogP contribution is 2.29. The maximum Gasteiger partial charge on any atom is 0.272 e. The largest absolute Gasteiger partial charge is 0.497 e. The summed E-state index contributed by atoms with van der Waals surface area (Å²) in [6, 6.07) is 29.9. The van der Waals surface area contributed by atoms with Gasteiger partial charge in [-0.05, 0) is 84.8 Å². The average Bonchev–Trinajstić information content (AvgIpc) is 3.01. The molecular formula is C33H30ClN3O4S. The first-order valence-electron chi connectivity index (χ1n) is 13.2. The van der Waals surface area contributed by atoms with Gasteiger partial charge in [-0.2, -0.15) is 0 Å². The first kappa shape index (κ1) is 30.4. The highest BCUT2D eigenvalue weighted by molar-refractivity contribution is 8.00. The molecule has 3 N–H and O–H groups in total. The van der Waals surface area contributed by atoms with Crippen molar-refractivity contribution in [3.05, 3.63) is 125 Å². The molecule has 214 valence electrons. The van der Waals surface area contributed by atoms with E-state index in [1.54, 1.807) is 104 Å². The highest BCUT2D eigenvalue weighted by Gasteiger charge is 2.19. The Bertz CT molecular complexity index is 1560. The molecule has 0 bridgehead atoms. The number of halogens is 1. The van der Waals surface area contributed by atoms with E-state index >= 15 is 0 Å². The summed E-state index contributed by atoms with van der Waals surface area (Å²) < 4.78 is 5.17. The van der Waals surface area contributed by atoms with Gasteiger partial charge in [-0.3, -0.25) is 14.4 Å². The minimum Gasteiger partial charge on any atom is -0.497 e. The number of amides is 3. The summed E-state index contributed by atoms with van der Waals surface area (Å²) in [5, 5.41) is 8.74. The number of hydrogen-bond acceptors (Lipinski definition) is 5. The van der Waals surface area contributed by atoms with Crippen LogP contribution in [0.2, 0.25) is 5.02 Å². The van der Waals surface area contributed by atoms with Crippen LogP contribution in [0.15, 0.2) is 114 Å². The Kier molecular flexibility index (Phi) is 10.8. The van der Waals surface area contributed by atoms with Gasteiger partial charge in [0.1, 0.15) is 11.4 Å². The van der Waals surface area contributed by atoms with E-state index in [0.29, 0.717) is 39.7 Å². The predicted octanol–water partition coefficient (Wildman–Crippen LogP) is 7.27. The number of carbonyl (C=O) groups is 3. The molecule has 9 heteroatoms. The fourth-order valence-corrected chi connectivity index (χ4v) is 5.04. The lowest BCUT2D eigenvalue weighted by Gasteiger charge is -2.16. The van der Waals surface area contributed by atoms with Gasteiger partial charge in [-0.1, -0.05) is 54.9 Å². The fraction of sp³-hybridized carbons (Fsp3) is 0.121.